The molecule has 0 spiro atoms. The third-order valence-electron chi connectivity index (χ3n) is 2.71. The second-order valence-electron chi connectivity index (χ2n) is 4.70. The molecule has 2 aromatic carbocycles. The highest BCUT2D eigenvalue weighted by atomic mass is 19.1. The lowest BCUT2D eigenvalue weighted by Crippen LogP contribution is -1.98. The first kappa shape index (κ1) is 14.9. The summed E-state index contributed by atoms with van der Waals surface area (Å²) in [7, 11) is 0. The number of halogens is 2. The number of aliphatic imine (C=N–C) groups is 1. The van der Waals surface area contributed by atoms with Crippen LogP contribution in [-0.4, -0.2) is 5.71 Å². The SMILES string of the molecule is CC(/C=C(\C)Nc1cccc(F)c1)=Nc1cccc(F)c1. The maximum absolute atomic E-state index is 13.1. The summed E-state index contributed by atoms with van der Waals surface area (Å²) < 4.78 is 26.2. The molecule has 108 valence electrons. The molecular weight excluding hydrogens is 270 g/mol. The van der Waals surface area contributed by atoms with Crippen molar-refractivity contribution in [3.63, 3.8) is 0 Å². The van der Waals surface area contributed by atoms with Crippen molar-refractivity contribution < 1.29 is 8.78 Å². The molecule has 0 amide bonds. The average molecular weight is 286 g/mol. The van der Waals surface area contributed by atoms with E-state index in [2.05, 4.69) is 10.3 Å². The molecule has 2 nitrogen and oxygen atoms in total. The Morgan fingerprint density at radius 1 is 1.00 bits per heavy atom. The summed E-state index contributed by atoms with van der Waals surface area (Å²) in [5, 5.41) is 3.08. The molecule has 2 rings (SSSR count). The van der Waals surface area contributed by atoms with E-state index in [1.807, 2.05) is 19.9 Å². The van der Waals surface area contributed by atoms with E-state index in [0.29, 0.717) is 11.4 Å². The first-order valence-corrected chi connectivity index (χ1v) is 6.55. The van der Waals surface area contributed by atoms with Crippen LogP contribution in [0.4, 0.5) is 20.2 Å². The van der Waals surface area contributed by atoms with Gasteiger partial charge < -0.3 is 5.32 Å². The monoisotopic (exact) mass is 286 g/mol. The fourth-order valence-electron chi connectivity index (χ4n) is 1.92. The fraction of sp³-hybridized carbons (Fsp3) is 0.118. The van der Waals surface area contributed by atoms with E-state index in [9.17, 15) is 8.78 Å². The highest BCUT2D eigenvalue weighted by Crippen LogP contribution is 2.15. The van der Waals surface area contributed by atoms with E-state index < -0.39 is 0 Å². The van der Waals surface area contributed by atoms with Crippen LogP contribution in [0.25, 0.3) is 0 Å². The Morgan fingerprint density at radius 2 is 1.67 bits per heavy atom. The molecule has 1 N–H and O–H groups in total. The molecule has 0 aromatic heterocycles. The molecule has 0 aliphatic carbocycles. The summed E-state index contributed by atoms with van der Waals surface area (Å²) in [5.74, 6) is -0.611. The van der Waals surface area contributed by atoms with E-state index in [1.165, 1.54) is 24.3 Å². The van der Waals surface area contributed by atoms with E-state index in [-0.39, 0.29) is 11.6 Å². The number of nitrogens with one attached hydrogen (secondary N) is 1. The number of rotatable bonds is 4. The van der Waals surface area contributed by atoms with Crippen molar-refractivity contribution in [2.24, 2.45) is 4.99 Å². The lowest BCUT2D eigenvalue weighted by Gasteiger charge is -2.06. The maximum atomic E-state index is 13.1. The molecule has 0 saturated heterocycles. The zero-order valence-electron chi connectivity index (χ0n) is 11.9. The second-order valence-corrected chi connectivity index (χ2v) is 4.70. The molecule has 2 aromatic rings. The van der Waals surface area contributed by atoms with Crippen molar-refractivity contribution in [1.29, 1.82) is 0 Å². The number of nitrogens with zero attached hydrogens (tertiary/aromatic N) is 1. The summed E-state index contributed by atoms with van der Waals surface area (Å²) in [6.45, 7) is 3.68. The first-order chi connectivity index (χ1) is 10.0. The molecule has 0 aliphatic rings. The van der Waals surface area contributed by atoms with Crippen LogP contribution in [0.1, 0.15) is 13.8 Å². The summed E-state index contributed by atoms with van der Waals surface area (Å²) in [6.07, 6.45) is 1.82. The predicted octanol–water partition coefficient (Wildman–Crippen LogP) is 5.07. The van der Waals surface area contributed by atoms with Gasteiger partial charge >= 0.3 is 0 Å². The van der Waals surface area contributed by atoms with Crippen molar-refractivity contribution in [1.82, 2.24) is 0 Å². The van der Waals surface area contributed by atoms with Crippen molar-refractivity contribution in [2.75, 3.05) is 5.32 Å². The molecular formula is C17H16F2N2. The Hall–Kier alpha value is -2.49. The summed E-state index contributed by atoms with van der Waals surface area (Å²) >= 11 is 0. The van der Waals surface area contributed by atoms with Gasteiger partial charge in [0.2, 0.25) is 0 Å². The van der Waals surface area contributed by atoms with Crippen LogP contribution >= 0.6 is 0 Å². The Labute approximate surface area is 122 Å². The standard InChI is InChI=1S/C17H16F2N2/c1-12(20-16-7-3-5-14(18)10-16)9-13(2)21-17-8-4-6-15(19)11-17/h3-11,20H,1-2H3/b12-9+,21-13?. The van der Waals surface area contributed by atoms with Crippen molar-refractivity contribution in [3.05, 3.63) is 71.9 Å². The van der Waals surface area contributed by atoms with Crippen LogP contribution in [0.3, 0.4) is 0 Å². The van der Waals surface area contributed by atoms with Gasteiger partial charge in [-0.1, -0.05) is 12.1 Å². The first-order valence-electron chi connectivity index (χ1n) is 6.55. The fourth-order valence-corrected chi connectivity index (χ4v) is 1.92. The average Bonchev–Trinajstić information content (AvgIpc) is 2.38. The quantitative estimate of drug-likeness (QED) is 0.779. The Morgan fingerprint density at radius 3 is 2.33 bits per heavy atom. The van der Waals surface area contributed by atoms with Gasteiger partial charge in [0.05, 0.1) is 5.69 Å². The van der Waals surface area contributed by atoms with Gasteiger partial charge in [-0.2, -0.15) is 0 Å². The summed E-state index contributed by atoms with van der Waals surface area (Å²) in [6, 6.07) is 12.3. The molecule has 0 saturated carbocycles. The topological polar surface area (TPSA) is 24.4 Å². The van der Waals surface area contributed by atoms with Crippen LogP contribution in [0.5, 0.6) is 0 Å². The highest BCUT2D eigenvalue weighted by molar-refractivity contribution is 5.95. The Bertz CT molecular complexity index is 691. The molecule has 4 heteroatoms. The van der Waals surface area contributed by atoms with Crippen molar-refractivity contribution in [3.8, 4) is 0 Å². The predicted molar refractivity (Wildman–Crippen MR) is 82.9 cm³/mol. The molecule has 0 unspecified atom stereocenters. The highest BCUT2D eigenvalue weighted by Gasteiger charge is 1.97. The zero-order chi connectivity index (χ0) is 15.2. The second kappa shape index (κ2) is 6.79. The van der Waals surface area contributed by atoms with Crippen LogP contribution < -0.4 is 5.32 Å². The molecule has 21 heavy (non-hydrogen) atoms. The van der Waals surface area contributed by atoms with Gasteiger partial charge in [0, 0.05) is 17.1 Å². The van der Waals surface area contributed by atoms with E-state index in [0.717, 1.165) is 11.4 Å². The molecule has 0 atom stereocenters. The molecule has 0 fully saturated rings. The lowest BCUT2D eigenvalue weighted by atomic mass is 10.2. The van der Waals surface area contributed by atoms with Gasteiger partial charge in [-0.15, -0.1) is 0 Å². The van der Waals surface area contributed by atoms with Crippen LogP contribution in [0.2, 0.25) is 0 Å². The van der Waals surface area contributed by atoms with Gasteiger partial charge in [0.1, 0.15) is 11.6 Å². The van der Waals surface area contributed by atoms with Crippen molar-refractivity contribution in [2.45, 2.75) is 13.8 Å². The largest absolute Gasteiger partial charge is 0.359 e. The van der Waals surface area contributed by atoms with E-state index in [1.54, 1.807) is 24.3 Å². The minimum absolute atomic E-state index is 0.294. The summed E-state index contributed by atoms with van der Waals surface area (Å²) in [5.41, 5.74) is 2.77. The third-order valence-corrected chi connectivity index (χ3v) is 2.71. The van der Waals surface area contributed by atoms with E-state index in [4.69, 9.17) is 0 Å². The number of hydrogen-bond donors (Lipinski definition) is 1. The molecule has 0 aliphatic heterocycles. The van der Waals surface area contributed by atoms with Crippen LogP contribution in [0, 0.1) is 11.6 Å². The zero-order valence-corrected chi connectivity index (χ0v) is 11.9. The van der Waals surface area contributed by atoms with Gasteiger partial charge in [0.25, 0.3) is 0 Å². The minimum atomic E-state index is -0.317. The summed E-state index contributed by atoms with van der Waals surface area (Å²) in [4.78, 5) is 4.31. The Balaban J connectivity index is 2.11. The Kier molecular flexibility index (Phi) is 4.82. The van der Waals surface area contributed by atoms with Gasteiger partial charge in [-0.3, -0.25) is 4.99 Å². The smallest absolute Gasteiger partial charge is 0.125 e. The number of benzene rings is 2. The number of allylic oxidation sites excluding steroid dienone is 2. The van der Waals surface area contributed by atoms with Crippen LogP contribution in [-0.2, 0) is 0 Å². The van der Waals surface area contributed by atoms with Gasteiger partial charge in [0.15, 0.2) is 0 Å². The number of hydrogen-bond acceptors (Lipinski definition) is 2. The molecule has 0 heterocycles. The van der Waals surface area contributed by atoms with E-state index >= 15 is 0 Å². The lowest BCUT2D eigenvalue weighted by molar-refractivity contribution is 0.628. The molecule has 0 bridgehead atoms. The minimum Gasteiger partial charge on any atom is -0.359 e. The van der Waals surface area contributed by atoms with Gasteiger partial charge in [-0.25, -0.2) is 8.78 Å². The normalized spacial score (nSPS) is 12.4. The third kappa shape index (κ3) is 4.84. The molecule has 0 radical (unpaired) electrons. The number of anilines is 1. The van der Waals surface area contributed by atoms with Crippen LogP contribution in [0.15, 0.2) is 65.3 Å². The van der Waals surface area contributed by atoms with Crippen molar-refractivity contribution >= 4 is 17.1 Å². The maximum Gasteiger partial charge on any atom is 0.125 e. The van der Waals surface area contributed by atoms with Gasteiger partial charge in [-0.05, 0) is 56.3 Å².